The number of amides is 1. The number of nitrogen functional groups attached to an aromatic ring is 1. The largest absolute Gasteiger partial charge is 0.383 e. The van der Waals surface area contributed by atoms with Crippen LogP contribution in [0.5, 0.6) is 0 Å². The summed E-state index contributed by atoms with van der Waals surface area (Å²) in [6.45, 7) is 0. The Balaban J connectivity index is 1.99. The van der Waals surface area contributed by atoms with Crippen molar-refractivity contribution in [1.82, 2.24) is 9.97 Å². The van der Waals surface area contributed by atoms with Crippen LogP contribution < -0.4 is 16.6 Å². The molecule has 0 spiro atoms. The second-order valence-corrected chi connectivity index (χ2v) is 6.67. The number of hydrogen-bond donors (Lipinski definition) is 3. The van der Waals surface area contributed by atoms with E-state index in [1.54, 1.807) is 6.07 Å². The van der Waals surface area contributed by atoms with Crippen LogP contribution in [0.1, 0.15) is 0 Å². The zero-order chi connectivity index (χ0) is 15.4. The quantitative estimate of drug-likeness (QED) is 0.508. The predicted octanol–water partition coefficient (Wildman–Crippen LogP) is 2.61. The third-order valence-corrected chi connectivity index (χ3v) is 4.34. The zero-order valence-electron chi connectivity index (χ0n) is 10.5. The van der Waals surface area contributed by atoms with Crippen molar-refractivity contribution in [2.45, 2.75) is 5.16 Å². The molecule has 0 saturated carbocycles. The molecule has 1 heterocycles. The number of H-pyrrole nitrogens is 1. The first kappa shape index (κ1) is 16.1. The monoisotopic (exact) mass is 432 g/mol. The molecular formula is C12H10Br2N4O2S. The highest BCUT2D eigenvalue weighted by Crippen LogP contribution is 2.26. The van der Waals surface area contributed by atoms with Crippen LogP contribution in [-0.4, -0.2) is 21.6 Å². The van der Waals surface area contributed by atoms with E-state index in [0.29, 0.717) is 10.8 Å². The Labute approximate surface area is 141 Å². The number of thioether (sulfide) groups is 1. The maximum Gasteiger partial charge on any atom is 0.253 e. The van der Waals surface area contributed by atoms with Crippen molar-refractivity contribution in [3.63, 3.8) is 0 Å². The number of carbonyl (C=O) groups is 1. The van der Waals surface area contributed by atoms with Crippen LogP contribution in [-0.2, 0) is 4.79 Å². The molecule has 1 aromatic heterocycles. The third kappa shape index (κ3) is 4.87. The Morgan fingerprint density at radius 3 is 2.86 bits per heavy atom. The molecule has 0 atom stereocenters. The van der Waals surface area contributed by atoms with Gasteiger partial charge in [0.1, 0.15) is 5.82 Å². The van der Waals surface area contributed by atoms with Gasteiger partial charge in [-0.1, -0.05) is 27.7 Å². The SMILES string of the molecule is Nc1cc(=O)[nH]c(SCC(=O)Nc2cc(Br)ccc2Br)n1. The van der Waals surface area contributed by atoms with Gasteiger partial charge in [0.05, 0.1) is 11.4 Å². The first-order valence-electron chi connectivity index (χ1n) is 5.68. The lowest BCUT2D eigenvalue weighted by molar-refractivity contribution is -0.113. The fourth-order valence-electron chi connectivity index (χ4n) is 1.44. The summed E-state index contributed by atoms with van der Waals surface area (Å²) >= 11 is 7.79. The van der Waals surface area contributed by atoms with Gasteiger partial charge in [0.15, 0.2) is 5.16 Å². The highest BCUT2D eigenvalue weighted by Gasteiger charge is 2.08. The summed E-state index contributed by atoms with van der Waals surface area (Å²) < 4.78 is 1.63. The molecule has 6 nitrogen and oxygen atoms in total. The number of rotatable bonds is 4. The molecule has 0 aliphatic rings. The summed E-state index contributed by atoms with van der Waals surface area (Å²) in [4.78, 5) is 29.6. The highest BCUT2D eigenvalue weighted by atomic mass is 79.9. The van der Waals surface area contributed by atoms with E-state index in [-0.39, 0.29) is 23.0 Å². The molecule has 9 heteroatoms. The number of hydrogen-bond acceptors (Lipinski definition) is 5. The van der Waals surface area contributed by atoms with Crippen LogP contribution in [0.25, 0.3) is 0 Å². The van der Waals surface area contributed by atoms with Crippen molar-refractivity contribution in [2.24, 2.45) is 0 Å². The molecule has 2 rings (SSSR count). The number of carbonyl (C=O) groups excluding carboxylic acids is 1. The van der Waals surface area contributed by atoms with Gasteiger partial charge in [-0.05, 0) is 34.1 Å². The standard InChI is InChI=1S/C12H10Br2N4O2S/c13-6-1-2-7(14)8(3-6)16-11(20)5-21-12-17-9(15)4-10(19)18-12/h1-4H,5H2,(H,16,20)(H3,15,17,18,19). The van der Waals surface area contributed by atoms with Gasteiger partial charge in [-0.15, -0.1) is 0 Å². The van der Waals surface area contributed by atoms with E-state index >= 15 is 0 Å². The molecule has 2 aromatic rings. The summed E-state index contributed by atoms with van der Waals surface area (Å²) in [6.07, 6.45) is 0. The molecule has 21 heavy (non-hydrogen) atoms. The predicted molar refractivity (Wildman–Crippen MR) is 90.5 cm³/mol. The molecule has 0 unspecified atom stereocenters. The molecule has 0 radical (unpaired) electrons. The topological polar surface area (TPSA) is 101 Å². The van der Waals surface area contributed by atoms with Crippen molar-refractivity contribution >= 4 is 61.0 Å². The van der Waals surface area contributed by atoms with Crippen molar-refractivity contribution in [1.29, 1.82) is 0 Å². The minimum absolute atomic E-state index is 0.103. The van der Waals surface area contributed by atoms with Gasteiger partial charge in [-0.25, -0.2) is 4.98 Å². The minimum atomic E-state index is -0.347. The average molecular weight is 434 g/mol. The zero-order valence-corrected chi connectivity index (χ0v) is 14.5. The van der Waals surface area contributed by atoms with Crippen LogP contribution in [0.2, 0.25) is 0 Å². The summed E-state index contributed by atoms with van der Waals surface area (Å²) in [5.41, 5.74) is 5.78. The Morgan fingerprint density at radius 1 is 1.38 bits per heavy atom. The fourth-order valence-corrected chi connectivity index (χ4v) is 2.82. The number of halogens is 2. The second-order valence-electron chi connectivity index (χ2n) is 3.94. The molecule has 0 aliphatic carbocycles. The van der Waals surface area contributed by atoms with Crippen LogP contribution in [0, 0.1) is 0 Å². The molecule has 0 bridgehead atoms. The maximum absolute atomic E-state index is 11.9. The van der Waals surface area contributed by atoms with Gasteiger partial charge in [0.25, 0.3) is 5.56 Å². The second kappa shape index (κ2) is 7.10. The van der Waals surface area contributed by atoms with Crippen molar-refractivity contribution in [3.8, 4) is 0 Å². The van der Waals surface area contributed by atoms with E-state index in [1.807, 2.05) is 12.1 Å². The van der Waals surface area contributed by atoms with E-state index in [0.717, 1.165) is 20.7 Å². The van der Waals surface area contributed by atoms with Crippen LogP contribution >= 0.6 is 43.6 Å². The smallest absolute Gasteiger partial charge is 0.253 e. The number of nitrogens with two attached hydrogens (primary N) is 1. The summed E-state index contributed by atoms with van der Waals surface area (Å²) in [6, 6.07) is 6.65. The van der Waals surface area contributed by atoms with E-state index in [4.69, 9.17) is 5.73 Å². The lowest BCUT2D eigenvalue weighted by Crippen LogP contribution is -2.16. The van der Waals surface area contributed by atoms with Gasteiger partial charge in [0, 0.05) is 15.0 Å². The Kier molecular flexibility index (Phi) is 5.43. The van der Waals surface area contributed by atoms with Crippen molar-refractivity contribution in [3.05, 3.63) is 43.6 Å². The van der Waals surface area contributed by atoms with Crippen LogP contribution in [0.15, 0.2) is 43.2 Å². The fraction of sp³-hybridized carbons (Fsp3) is 0.0833. The van der Waals surface area contributed by atoms with Gasteiger partial charge in [-0.3, -0.25) is 9.59 Å². The minimum Gasteiger partial charge on any atom is -0.383 e. The molecule has 1 aromatic carbocycles. The lowest BCUT2D eigenvalue weighted by atomic mass is 10.3. The molecule has 110 valence electrons. The number of aromatic amines is 1. The average Bonchev–Trinajstić information content (AvgIpc) is 2.40. The molecule has 4 N–H and O–H groups in total. The lowest BCUT2D eigenvalue weighted by Gasteiger charge is -2.07. The molecule has 1 amide bonds. The summed E-state index contributed by atoms with van der Waals surface area (Å²) in [5.74, 6) is 0.00555. The first-order chi connectivity index (χ1) is 9.94. The Morgan fingerprint density at radius 2 is 2.14 bits per heavy atom. The summed E-state index contributed by atoms with van der Waals surface area (Å²) in [5, 5.41) is 3.07. The van der Waals surface area contributed by atoms with E-state index < -0.39 is 0 Å². The first-order valence-corrected chi connectivity index (χ1v) is 8.26. The van der Waals surface area contributed by atoms with Crippen molar-refractivity contribution < 1.29 is 4.79 Å². The summed E-state index contributed by atoms with van der Waals surface area (Å²) in [7, 11) is 0. The molecule has 0 saturated heterocycles. The maximum atomic E-state index is 11.9. The van der Waals surface area contributed by atoms with Gasteiger partial charge in [-0.2, -0.15) is 0 Å². The van der Waals surface area contributed by atoms with E-state index in [1.165, 1.54) is 6.07 Å². The number of aromatic nitrogens is 2. The van der Waals surface area contributed by atoms with Gasteiger partial charge in [0.2, 0.25) is 5.91 Å². The number of nitrogens with one attached hydrogen (secondary N) is 2. The van der Waals surface area contributed by atoms with E-state index in [9.17, 15) is 9.59 Å². The number of nitrogens with zero attached hydrogens (tertiary/aromatic N) is 1. The number of anilines is 2. The Bertz CT molecular complexity index is 735. The Hall–Kier alpha value is -1.32. The number of benzene rings is 1. The van der Waals surface area contributed by atoms with Crippen LogP contribution in [0.4, 0.5) is 11.5 Å². The third-order valence-electron chi connectivity index (χ3n) is 2.28. The molecule has 0 aliphatic heterocycles. The van der Waals surface area contributed by atoms with Gasteiger partial charge >= 0.3 is 0 Å². The van der Waals surface area contributed by atoms with Crippen molar-refractivity contribution in [2.75, 3.05) is 16.8 Å². The van der Waals surface area contributed by atoms with Crippen LogP contribution in [0.3, 0.4) is 0 Å². The molecular weight excluding hydrogens is 424 g/mol. The highest BCUT2D eigenvalue weighted by molar-refractivity contribution is 9.11. The van der Waals surface area contributed by atoms with Gasteiger partial charge < -0.3 is 16.0 Å². The molecule has 0 fully saturated rings. The van der Waals surface area contributed by atoms with E-state index in [2.05, 4.69) is 47.1 Å². The normalized spacial score (nSPS) is 10.4.